The summed E-state index contributed by atoms with van der Waals surface area (Å²) in [4.78, 5) is 13.7. The Bertz CT molecular complexity index is 259. The molecule has 0 aromatic rings. The molecule has 0 spiro atoms. The van der Waals surface area contributed by atoms with Crippen LogP contribution in [0.25, 0.3) is 0 Å². The predicted octanol–water partition coefficient (Wildman–Crippen LogP) is 2.06. The largest absolute Gasteiger partial charge is 0.466 e. The lowest BCUT2D eigenvalue weighted by atomic mass is 10.1. The summed E-state index contributed by atoms with van der Waals surface area (Å²) in [6.07, 6.45) is 0.502. The summed E-state index contributed by atoms with van der Waals surface area (Å²) in [6.45, 7) is 10.7. The van der Waals surface area contributed by atoms with Gasteiger partial charge in [-0.2, -0.15) is 5.26 Å². The molecule has 0 aromatic carbocycles. The Balaban J connectivity index is 4.21. The summed E-state index contributed by atoms with van der Waals surface area (Å²) < 4.78 is 4.98. The van der Waals surface area contributed by atoms with Gasteiger partial charge in [-0.25, -0.2) is 0 Å². The van der Waals surface area contributed by atoms with Gasteiger partial charge in [0, 0.05) is 26.1 Å². The molecule has 0 amide bonds. The van der Waals surface area contributed by atoms with Crippen LogP contribution < -0.4 is 0 Å². The monoisotopic (exact) mass is 240 g/mol. The van der Waals surface area contributed by atoms with Crippen LogP contribution in [-0.4, -0.2) is 37.1 Å². The minimum absolute atomic E-state index is 0.132. The van der Waals surface area contributed by atoms with Gasteiger partial charge in [-0.05, 0) is 12.8 Å². The van der Waals surface area contributed by atoms with Crippen LogP contribution in [0.4, 0.5) is 0 Å². The Kier molecular flexibility index (Phi) is 8.43. The molecule has 0 bridgehead atoms. The molecule has 0 fully saturated rings. The third kappa shape index (κ3) is 7.76. The minimum atomic E-state index is -0.154. The van der Waals surface area contributed by atoms with E-state index in [1.165, 1.54) is 0 Å². The van der Waals surface area contributed by atoms with E-state index >= 15 is 0 Å². The van der Waals surface area contributed by atoms with Crippen LogP contribution in [0.5, 0.6) is 0 Å². The molecule has 4 nitrogen and oxygen atoms in total. The van der Waals surface area contributed by atoms with Crippen LogP contribution in [0.3, 0.4) is 0 Å². The molecule has 1 unspecified atom stereocenters. The highest BCUT2D eigenvalue weighted by molar-refractivity contribution is 5.72. The van der Waals surface area contributed by atoms with Gasteiger partial charge in [0.15, 0.2) is 0 Å². The van der Waals surface area contributed by atoms with Crippen molar-refractivity contribution in [3.05, 3.63) is 0 Å². The van der Waals surface area contributed by atoms with Crippen LogP contribution in [0.1, 0.15) is 34.1 Å². The van der Waals surface area contributed by atoms with Crippen molar-refractivity contribution < 1.29 is 9.53 Å². The van der Waals surface area contributed by atoms with E-state index in [1.54, 1.807) is 0 Å². The van der Waals surface area contributed by atoms with Gasteiger partial charge >= 0.3 is 5.97 Å². The van der Waals surface area contributed by atoms with Gasteiger partial charge < -0.3 is 9.64 Å². The SMILES string of the molecule is CCOC(=O)C(C)CN(CCC#N)CC(C)C. The Morgan fingerprint density at radius 2 is 2.00 bits per heavy atom. The van der Waals surface area contributed by atoms with E-state index in [-0.39, 0.29) is 11.9 Å². The Hall–Kier alpha value is -1.08. The minimum Gasteiger partial charge on any atom is -0.466 e. The number of nitrogens with zero attached hydrogens (tertiary/aromatic N) is 2. The highest BCUT2D eigenvalue weighted by atomic mass is 16.5. The summed E-state index contributed by atoms with van der Waals surface area (Å²) in [5, 5.41) is 8.61. The fourth-order valence-electron chi connectivity index (χ4n) is 1.73. The van der Waals surface area contributed by atoms with Crippen LogP contribution >= 0.6 is 0 Å². The fraction of sp³-hybridized carbons (Fsp3) is 0.846. The maximum Gasteiger partial charge on any atom is 0.309 e. The molecular weight excluding hydrogens is 216 g/mol. The van der Waals surface area contributed by atoms with E-state index in [2.05, 4.69) is 24.8 Å². The van der Waals surface area contributed by atoms with Crippen LogP contribution in [-0.2, 0) is 9.53 Å². The molecule has 0 aliphatic rings. The predicted molar refractivity (Wildman–Crippen MR) is 67.3 cm³/mol. The molecule has 0 heterocycles. The quantitative estimate of drug-likeness (QED) is 0.609. The van der Waals surface area contributed by atoms with Crippen molar-refractivity contribution in [3.63, 3.8) is 0 Å². The van der Waals surface area contributed by atoms with Gasteiger partial charge in [0.1, 0.15) is 0 Å². The summed E-state index contributed by atoms with van der Waals surface area (Å²) in [5.74, 6) is 0.244. The van der Waals surface area contributed by atoms with Crippen molar-refractivity contribution in [2.45, 2.75) is 34.1 Å². The number of esters is 1. The van der Waals surface area contributed by atoms with Gasteiger partial charge in [-0.1, -0.05) is 20.8 Å². The molecule has 98 valence electrons. The first kappa shape index (κ1) is 15.9. The molecule has 0 aromatic heterocycles. The van der Waals surface area contributed by atoms with Crippen molar-refractivity contribution in [2.24, 2.45) is 11.8 Å². The number of carbonyl (C=O) groups is 1. The normalized spacial score (nSPS) is 12.5. The van der Waals surface area contributed by atoms with Gasteiger partial charge in [0.25, 0.3) is 0 Å². The van der Waals surface area contributed by atoms with Gasteiger partial charge in [-0.15, -0.1) is 0 Å². The van der Waals surface area contributed by atoms with E-state index < -0.39 is 0 Å². The molecule has 0 N–H and O–H groups in total. The summed E-state index contributed by atoms with van der Waals surface area (Å²) in [6, 6.07) is 2.14. The molecule has 4 heteroatoms. The Morgan fingerprint density at radius 3 is 2.47 bits per heavy atom. The molecular formula is C13H24N2O2. The first-order chi connectivity index (χ1) is 8.01. The van der Waals surface area contributed by atoms with Crippen LogP contribution in [0, 0.1) is 23.2 Å². The molecule has 0 saturated carbocycles. The maximum atomic E-state index is 11.5. The van der Waals surface area contributed by atoms with E-state index in [1.807, 2.05) is 13.8 Å². The topological polar surface area (TPSA) is 53.3 Å². The average molecular weight is 240 g/mol. The van der Waals surface area contributed by atoms with E-state index in [9.17, 15) is 4.79 Å². The fourth-order valence-corrected chi connectivity index (χ4v) is 1.73. The van der Waals surface area contributed by atoms with E-state index in [0.29, 0.717) is 25.5 Å². The zero-order valence-electron chi connectivity index (χ0n) is 11.4. The van der Waals surface area contributed by atoms with Crippen molar-refractivity contribution in [1.82, 2.24) is 4.90 Å². The van der Waals surface area contributed by atoms with Crippen LogP contribution in [0.15, 0.2) is 0 Å². The van der Waals surface area contributed by atoms with Crippen molar-refractivity contribution >= 4 is 5.97 Å². The number of ether oxygens (including phenoxy) is 1. The molecule has 0 radical (unpaired) electrons. The first-order valence-electron chi connectivity index (χ1n) is 6.27. The maximum absolute atomic E-state index is 11.5. The molecule has 0 saturated heterocycles. The smallest absolute Gasteiger partial charge is 0.309 e. The lowest BCUT2D eigenvalue weighted by Gasteiger charge is -2.25. The second-order valence-electron chi connectivity index (χ2n) is 4.71. The standard InChI is InChI=1S/C13H24N2O2/c1-5-17-13(16)12(4)10-15(8-6-7-14)9-11(2)3/h11-12H,5-6,8-10H2,1-4H3. The number of carbonyl (C=O) groups excluding carboxylic acids is 1. The zero-order valence-corrected chi connectivity index (χ0v) is 11.4. The lowest BCUT2D eigenvalue weighted by Crippen LogP contribution is -2.35. The van der Waals surface area contributed by atoms with Gasteiger partial charge in [0.2, 0.25) is 0 Å². The Morgan fingerprint density at radius 1 is 1.35 bits per heavy atom. The summed E-state index contributed by atoms with van der Waals surface area (Å²) >= 11 is 0. The summed E-state index contributed by atoms with van der Waals surface area (Å²) in [5.41, 5.74) is 0. The van der Waals surface area contributed by atoms with Gasteiger partial charge in [0.05, 0.1) is 18.6 Å². The van der Waals surface area contributed by atoms with Gasteiger partial charge in [-0.3, -0.25) is 4.79 Å². The number of hydrogen-bond acceptors (Lipinski definition) is 4. The van der Waals surface area contributed by atoms with E-state index in [0.717, 1.165) is 13.1 Å². The van der Waals surface area contributed by atoms with Crippen molar-refractivity contribution in [2.75, 3.05) is 26.2 Å². The van der Waals surface area contributed by atoms with E-state index in [4.69, 9.17) is 10.00 Å². The zero-order chi connectivity index (χ0) is 13.3. The number of hydrogen-bond donors (Lipinski definition) is 0. The van der Waals surface area contributed by atoms with Crippen molar-refractivity contribution in [3.8, 4) is 6.07 Å². The molecule has 0 aliphatic carbocycles. The number of nitriles is 1. The number of rotatable bonds is 8. The second kappa shape index (κ2) is 9.00. The van der Waals surface area contributed by atoms with Crippen molar-refractivity contribution in [1.29, 1.82) is 5.26 Å². The van der Waals surface area contributed by atoms with Crippen LogP contribution in [0.2, 0.25) is 0 Å². The summed E-state index contributed by atoms with van der Waals surface area (Å²) in [7, 11) is 0. The third-order valence-corrected chi connectivity index (χ3v) is 2.38. The lowest BCUT2D eigenvalue weighted by molar-refractivity contribution is -0.148. The molecule has 0 aliphatic heterocycles. The third-order valence-electron chi connectivity index (χ3n) is 2.38. The highest BCUT2D eigenvalue weighted by Crippen LogP contribution is 2.06. The first-order valence-corrected chi connectivity index (χ1v) is 6.27. The average Bonchev–Trinajstić information content (AvgIpc) is 2.25. The Labute approximate surface area is 105 Å². The molecule has 0 rings (SSSR count). The highest BCUT2D eigenvalue weighted by Gasteiger charge is 2.18. The second-order valence-corrected chi connectivity index (χ2v) is 4.71. The molecule has 1 atom stereocenters. The molecule has 17 heavy (non-hydrogen) atoms.